The van der Waals surface area contributed by atoms with Crippen LogP contribution in [0.4, 0.5) is 23.7 Å². The number of aryl methyl sites for hydroxylation is 1. The van der Waals surface area contributed by atoms with E-state index in [0.29, 0.717) is 0 Å². The second-order valence-electron chi connectivity index (χ2n) is 3.97. The number of nitrogens with one attached hydrogen (secondary N) is 1. The lowest BCUT2D eigenvalue weighted by molar-refractivity contribution is -0.137. The van der Waals surface area contributed by atoms with Gasteiger partial charge in [0, 0.05) is 5.56 Å². The Morgan fingerprint density at radius 3 is 2.70 bits per heavy atom. The molecule has 0 atom stereocenters. The number of carbonyl (C=O) groups is 1. The summed E-state index contributed by atoms with van der Waals surface area (Å²) in [6, 6.07) is 4.40. The first-order chi connectivity index (χ1) is 9.29. The molecule has 106 valence electrons. The van der Waals surface area contributed by atoms with Gasteiger partial charge in [-0.1, -0.05) is 17.3 Å². The molecule has 2 N–H and O–H groups in total. The summed E-state index contributed by atoms with van der Waals surface area (Å²) in [4.78, 5) is 10.7. The van der Waals surface area contributed by atoms with Crippen molar-refractivity contribution in [2.75, 3.05) is 5.32 Å². The van der Waals surface area contributed by atoms with Crippen LogP contribution in [0.2, 0.25) is 0 Å². The van der Waals surface area contributed by atoms with Crippen LogP contribution in [0.25, 0.3) is 11.3 Å². The van der Waals surface area contributed by atoms with Gasteiger partial charge in [0.15, 0.2) is 5.76 Å². The van der Waals surface area contributed by atoms with Crippen LogP contribution in [0, 0.1) is 6.92 Å². The van der Waals surface area contributed by atoms with Crippen LogP contribution in [-0.2, 0) is 6.18 Å². The minimum atomic E-state index is -4.49. The number of hydrogen-bond donors (Lipinski definition) is 2. The van der Waals surface area contributed by atoms with Crippen molar-refractivity contribution < 1.29 is 27.6 Å². The van der Waals surface area contributed by atoms with Crippen molar-refractivity contribution >= 4 is 11.8 Å². The van der Waals surface area contributed by atoms with Crippen molar-refractivity contribution in [2.24, 2.45) is 0 Å². The summed E-state index contributed by atoms with van der Waals surface area (Å²) in [5.41, 5.74) is -0.704. The number of alkyl halides is 3. The molecule has 1 aromatic carbocycles. The van der Waals surface area contributed by atoms with Gasteiger partial charge < -0.3 is 9.63 Å². The Kier molecular flexibility index (Phi) is 3.39. The fourth-order valence-electron chi connectivity index (χ4n) is 1.67. The van der Waals surface area contributed by atoms with Crippen molar-refractivity contribution in [3.05, 3.63) is 35.6 Å². The van der Waals surface area contributed by atoms with Crippen LogP contribution in [0.15, 0.2) is 28.8 Å². The summed E-state index contributed by atoms with van der Waals surface area (Å²) in [6.45, 7) is 1.45. The number of benzene rings is 1. The Hall–Kier alpha value is -2.51. The average Bonchev–Trinajstić information content (AvgIpc) is 2.70. The topological polar surface area (TPSA) is 75.4 Å². The predicted molar refractivity (Wildman–Crippen MR) is 63.3 cm³/mol. The normalized spacial score (nSPS) is 11.4. The molecule has 8 heteroatoms. The van der Waals surface area contributed by atoms with E-state index in [1.165, 1.54) is 19.1 Å². The van der Waals surface area contributed by atoms with Crippen LogP contribution in [0.5, 0.6) is 0 Å². The highest BCUT2D eigenvalue weighted by molar-refractivity contribution is 5.89. The van der Waals surface area contributed by atoms with Gasteiger partial charge in [0.2, 0.25) is 0 Å². The number of nitrogens with zero attached hydrogens (tertiary/aromatic N) is 1. The van der Waals surface area contributed by atoms with E-state index in [1.54, 1.807) is 0 Å². The van der Waals surface area contributed by atoms with Crippen LogP contribution in [-0.4, -0.2) is 16.4 Å². The van der Waals surface area contributed by atoms with E-state index >= 15 is 0 Å². The summed E-state index contributed by atoms with van der Waals surface area (Å²) in [7, 11) is 0. The van der Waals surface area contributed by atoms with Crippen LogP contribution in [0.3, 0.4) is 0 Å². The van der Waals surface area contributed by atoms with E-state index in [-0.39, 0.29) is 22.7 Å². The zero-order valence-corrected chi connectivity index (χ0v) is 10.2. The highest BCUT2D eigenvalue weighted by Gasteiger charge is 2.31. The van der Waals surface area contributed by atoms with Crippen molar-refractivity contribution in [1.82, 2.24) is 5.16 Å². The molecule has 0 aliphatic carbocycles. The first kappa shape index (κ1) is 13.9. The van der Waals surface area contributed by atoms with E-state index in [1.807, 2.05) is 0 Å². The third kappa shape index (κ3) is 2.73. The standard InChI is InChI=1S/C12H9F3N2O3/c1-6-9(16-11(18)19)10(17-20-6)7-3-2-4-8(5-7)12(13,14)15/h2-5,16H,1H3,(H,18,19). The van der Waals surface area contributed by atoms with Gasteiger partial charge in [-0.3, -0.25) is 5.32 Å². The van der Waals surface area contributed by atoms with Gasteiger partial charge in [0.25, 0.3) is 0 Å². The zero-order chi connectivity index (χ0) is 14.9. The molecular weight excluding hydrogens is 277 g/mol. The third-order valence-corrected chi connectivity index (χ3v) is 2.56. The molecule has 0 saturated carbocycles. The van der Waals surface area contributed by atoms with Crippen molar-refractivity contribution in [2.45, 2.75) is 13.1 Å². The molecule has 5 nitrogen and oxygen atoms in total. The Morgan fingerprint density at radius 1 is 1.40 bits per heavy atom. The summed E-state index contributed by atoms with van der Waals surface area (Å²) in [6.07, 6.45) is -5.85. The van der Waals surface area contributed by atoms with E-state index in [0.717, 1.165) is 12.1 Å². The number of carboxylic acid groups (broad SMARTS) is 1. The van der Waals surface area contributed by atoms with E-state index in [4.69, 9.17) is 9.63 Å². The van der Waals surface area contributed by atoms with E-state index in [9.17, 15) is 18.0 Å². The molecule has 1 amide bonds. The monoisotopic (exact) mass is 286 g/mol. The Morgan fingerprint density at radius 2 is 2.10 bits per heavy atom. The Balaban J connectivity index is 2.50. The summed E-state index contributed by atoms with van der Waals surface area (Å²) < 4.78 is 42.8. The lowest BCUT2D eigenvalue weighted by Crippen LogP contribution is -2.08. The minimum absolute atomic E-state index is 0.0102. The van der Waals surface area contributed by atoms with Crippen LogP contribution in [0.1, 0.15) is 11.3 Å². The number of hydrogen-bond acceptors (Lipinski definition) is 3. The first-order valence-corrected chi connectivity index (χ1v) is 5.43. The molecule has 0 aliphatic heterocycles. The maximum Gasteiger partial charge on any atom is 0.416 e. The summed E-state index contributed by atoms with van der Waals surface area (Å²) >= 11 is 0. The summed E-state index contributed by atoms with van der Waals surface area (Å²) in [5.74, 6) is 0.166. The SMILES string of the molecule is Cc1onc(-c2cccc(C(F)(F)F)c2)c1NC(=O)O. The van der Waals surface area contributed by atoms with E-state index < -0.39 is 17.8 Å². The molecule has 2 rings (SSSR count). The van der Waals surface area contributed by atoms with E-state index in [2.05, 4.69) is 10.5 Å². The second kappa shape index (κ2) is 4.87. The minimum Gasteiger partial charge on any atom is -0.465 e. The zero-order valence-electron chi connectivity index (χ0n) is 10.2. The molecule has 0 aliphatic rings. The smallest absolute Gasteiger partial charge is 0.416 e. The highest BCUT2D eigenvalue weighted by Crippen LogP contribution is 2.35. The lowest BCUT2D eigenvalue weighted by atomic mass is 10.1. The maximum atomic E-state index is 12.6. The van der Waals surface area contributed by atoms with Gasteiger partial charge >= 0.3 is 12.3 Å². The van der Waals surface area contributed by atoms with Gasteiger partial charge in [-0.25, -0.2) is 4.79 Å². The van der Waals surface area contributed by atoms with Crippen molar-refractivity contribution in [3.63, 3.8) is 0 Å². The number of amides is 1. The lowest BCUT2D eigenvalue weighted by Gasteiger charge is -2.08. The van der Waals surface area contributed by atoms with Gasteiger partial charge in [-0.05, 0) is 19.1 Å². The highest BCUT2D eigenvalue weighted by atomic mass is 19.4. The average molecular weight is 286 g/mol. The van der Waals surface area contributed by atoms with Gasteiger partial charge in [0.1, 0.15) is 11.4 Å². The van der Waals surface area contributed by atoms with Crippen LogP contribution >= 0.6 is 0 Å². The molecule has 0 spiro atoms. The van der Waals surface area contributed by atoms with Crippen molar-refractivity contribution in [3.8, 4) is 11.3 Å². The molecular formula is C12H9F3N2O3. The molecule has 20 heavy (non-hydrogen) atoms. The molecule has 0 saturated heterocycles. The molecule has 1 heterocycles. The predicted octanol–water partition coefficient (Wildman–Crippen LogP) is 3.76. The molecule has 0 fully saturated rings. The fourth-order valence-corrected chi connectivity index (χ4v) is 1.67. The molecule has 0 unspecified atom stereocenters. The Bertz CT molecular complexity index is 650. The number of rotatable bonds is 2. The molecule has 0 radical (unpaired) electrons. The number of aromatic nitrogens is 1. The molecule has 1 aromatic heterocycles. The number of anilines is 1. The largest absolute Gasteiger partial charge is 0.465 e. The third-order valence-electron chi connectivity index (χ3n) is 2.56. The second-order valence-corrected chi connectivity index (χ2v) is 3.97. The first-order valence-electron chi connectivity index (χ1n) is 5.43. The molecule has 0 bridgehead atoms. The van der Waals surface area contributed by atoms with Crippen molar-refractivity contribution in [1.29, 1.82) is 0 Å². The fraction of sp³-hybridized carbons (Fsp3) is 0.167. The van der Waals surface area contributed by atoms with Gasteiger partial charge in [0.05, 0.1) is 5.56 Å². The molecule has 2 aromatic rings. The maximum absolute atomic E-state index is 12.6. The number of halogens is 3. The summed E-state index contributed by atoms with van der Waals surface area (Å²) in [5, 5.41) is 14.4. The van der Waals surface area contributed by atoms with Gasteiger partial charge in [-0.15, -0.1) is 0 Å². The quantitative estimate of drug-likeness (QED) is 0.881. The van der Waals surface area contributed by atoms with Crippen LogP contribution < -0.4 is 5.32 Å². The van der Waals surface area contributed by atoms with Gasteiger partial charge in [-0.2, -0.15) is 13.2 Å². The Labute approximate surface area is 111 Å².